The number of nitrogens with zero attached hydrogens (tertiary/aromatic N) is 3. The zero-order chi connectivity index (χ0) is 16.4. The second-order valence-electron chi connectivity index (χ2n) is 5.19. The van der Waals surface area contributed by atoms with Crippen molar-refractivity contribution >= 4 is 45.0 Å². The van der Waals surface area contributed by atoms with Gasteiger partial charge < -0.3 is 20.8 Å². The minimum Gasteiger partial charge on any atom is -0.397 e. The number of halogens is 1. The van der Waals surface area contributed by atoms with Gasteiger partial charge >= 0.3 is 0 Å². The van der Waals surface area contributed by atoms with E-state index in [1.165, 1.54) is 0 Å². The predicted octanol–water partition coefficient (Wildman–Crippen LogP) is 1.81. The maximum Gasteiger partial charge on any atom is 0.0916 e. The molecule has 0 saturated carbocycles. The highest BCUT2D eigenvalue weighted by atomic mass is 35.5. The monoisotopic (exact) mass is 332 g/mol. The SMILES string of the molecule is Nc1cc2nc3cc(N(CCO)CCO)ccc3nc2cc1Cl. The van der Waals surface area contributed by atoms with E-state index in [2.05, 4.69) is 9.97 Å². The molecule has 2 aromatic carbocycles. The molecule has 0 aliphatic heterocycles. The molecule has 0 amide bonds. The van der Waals surface area contributed by atoms with Crippen molar-refractivity contribution in [3.05, 3.63) is 35.4 Å². The van der Waals surface area contributed by atoms with Crippen molar-refractivity contribution in [1.29, 1.82) is 0 Å². The average Bonchev–Trinajstić information content (AvgIpc) is 2.53. The van der Waals surface area contributed by atoms with Crippen molar-refractivity contribution in [2.75, 3.05) is 36.9 Å². The van der Waals surface area contributed by atoms with Gasteiger partial charge in [0.05, 0.1) is 46.0 Å². The van der Waals surface area contributed by atoms with E-state index in [4.69, 9.17) is 27.5 Å². The number of hydrogen-bond donors (Lipinski definition) is 3. The summed E-state index contributed by atoms with van der Waals surface area (Å²) in [6.07, 6.45) is 0. The molecule has 0 spiro atoms. The number of aromatic nitrogens is 2. The molecule has 3 aromatic rings. The Balaban J connectivity index is 2.11. The van der Waals surface area contributed by atoms with Crippen LogP contribution in [0.2, 0.25) is 5.02 Å². The Kier molecular flexibility index (Phi) is 4.47. The van der Waals surface area contributed by atoms with Crippen molar-refractivity contribution < 1.29 is 10.2 Å². The minimum atomic E-state index is 0.0104. The third-order valence-corrected chi connectivity index (χ3v) is 3.97. The molecule has 120 valence electrons. The summed E-state index contributed by atoms with van der Waals surface area (Å²) in [5.74, 6) is 0. The molecular weight excluding hydrogens is 316 g/mol. The summed E-state index contributed by atoms with van der Waals surface area (Å²) in [5.41, 5.74) is 9.99. The van der Waals surface area contributed by atoms with E-state index in [1.54, 1.807) is 12.1 Å². The lowest BCUT2D eigenvalue weighted by molar-refractivity contribution is 0.281. The minimum absolute atomic E-state index is 0.0104. The van der Waals surface area contributed by atoms with Gasteiger partial charge in [0.2, 0.25) is 0 Å². The summed E-state index contributed by atoms with van der Waals surface area (Å²) >= 11 is 6.03. The first-order valence-corrected chi connectivity index (χ1v) is 7.63. The number of aliphatic hydroxyl groups is 2. The highest BCUT2D eigenvalue weighted by Gasteiger charge is 2.09. The second-order valence-corrected chi connectivity index (χ2v) is 5.60. The summed E-state index contributed by atoms with van der Waals surface area (Å²) in [4.78, 5) is 11.0. The zero-order valence-corrected chi connectivity index (χ0v) is 13.2. The molecule has 3 rings (SSSR count). The van der Waals surface area contributed by atoms with Crippen LogP contribution in [0.5, 0.6) is 0 Å². The fourth-order valence-corrected chi connectivity index (χ4v) is 2.67. The molecule has 0 bridgehead atoms. The molecule has 23 heavy (non-hydrogen) atoms. The molecular formula is C16H17ClN4O2. The Labute approximate surface area is 138 Å². The smallest absolute Gasteiger partial charge is 0.0916 e. The normalized spacial score (nSPS) is 11.3. The Morgan fingerprint density at radius 2 is 1.52 bits per heavy atom. The molecule has 0 aliphatic rings. The van der Waals surface area contributed by atoms with E-state index >= 15 is 0 Å². The van der Waals surface area contributed by atoms with Gasteiger partial charge in [-0.3, -0.25) is 0 Å². The van der Waals surface area contributed by atoms with Gasteiger partial charge in [0.15, 0.2) is 0 Å². The van der Waals surface area contributed by atoms with Crippen LogP contribution < -0.4 is 10.6 Å². The van der Waals surface area contributed by atoms with Gasteiger partial charge in [-0.1, -0.05) is 11.6 Å². The van der Waals surface area contributed by atoms with Crippen LogP contribution in [-0.4, -0.2) is 46.5 Å². The highest BCUT2D eigenvalue weighted by molar-refractivity contribution is 6.33. The van der Waals surface area contributed by atoms with Crippen LogP contribution in [0, 0.1) is 0 Å². The zero-order valence-electron chi connectivity index (χ0n) is 12.4. The molecule has 1 heterocycles. The average molecular weight is 333 g/mol. The Bertz CT molecular complexity index is 850. The first-order valence-electron chi connectivity index (χ1n) is 7.25. The summed E-state index contributed by atoms with van der Waals surface area (Å²) in [6, 6.07) is 9.06. The van der Waals surface area contributed by atoms with Gasteiger partial charge in [-0.2, -0.15) is 0 Å². The fraction of sp³-hybridized carbons (Fsp3) is 0.250. The van der Waals surface area contributed by atoms with Gasteiger partial charge in [0, 0.05) is 18.8 Å². The van der Waals surface area contributed by atoms with E-state index in [9.17, 15) is 0 Å². The van der Waals surface area contributed by atoms with E-state index in [1.807, 2.05) is 23.1 Å². The lowest BCUT2D eigenvalue weighted by atomic mass is 10.2. The summed E-state index contributed by atoms with van der Waals surface area (Å²) in [6.45, 7) is 0.901. The number of rotatable bonds is 5. The molecule has 4 N–H and O–H groups in total. The van der Waals surface area contributed by atoms with Crippen LogP contribution in [0.3, 0.4) is 0 Å². The van der Waals surface area contributed by atoms with E-state index in [0.717, 1.165) is 16.7 Å². The van der Waals surface area contributed by atoms with Gasteiger partial charge in [-0.05, 0) is 30.3 Å². The van der Waals surface area contributed by atoms with Crippen LogP contribution >= 0.6 is 11.6 Å². The fourth-order valence-electron chi connectivity index (χ4n) is 2.51. The first-order chi connectivity index (χ1) is 11.1. The first kappa shape index (κ1) is 15.7. The Morgan fingerprint density at radius 3 is 2.22 bits per heavy atom. The topological polar surface area (TPSA) is 95.5 Å². The largest absolute Gasteiger partial charge is 0.397 e. The Morgan fingerprint density at radius 1 is 0.913 bits per heavy atom. The van der Waals surface area contributed by atoms with E-state index < -0.39 is 0 Å². The molecule has 0 atom stereocenters. The van der Waals surface area contributed by atoms with Gasteiger partial charge in [-0.25, -0.2) is 9.97 Å². The third-order valence-electron chi connectivity index (χ3n) is 3.64. The molecule has 0 saturated heterocycles. The van der Waals surface area contributed by atoms with Crippen LogP contribution in [0.15, 0.2) is 30.3 Å². The van der Waals surface area contributed by atoms with E-state index in [-0.39, 0.29) is 13.2 Å². The third kappa shape index (κ3) is 3.14. The van der Waals surface area contributed by atoms with Crippen molar-refractivity contribution in [1.82, 2.24) is 9.97 Å². The van der Waals surface area contributed by atoms with Crippen LogP contribution in [0.1, 0.15) is 0 Å². The summed E-state index contributed by atoms with van der Waals surface area (Å²) in [7, 11) is 0. The number of benzene rings is 2. The van der Waals surface area contributed by atoms with Crippen molar-refractivity contribution in [2.24, 2.45) is 0 Å². The Hall–Kier alpha value is -2.15. The summed E-state index contributed by atoms with van der Waals surface area (Å²) < 4.78 is 0. The van der Waals surface area contributed by atoms with Crippen molar-refractivity contribution in [2.45, 2.75) is 0 Å². The number of hydrogen-bond acceptors (Lipinski definition) is 6. The molecule has 1 aromatic heterocycles. The quantitative estimate of drug-likeness (QED) is 0.487. The number of nitrogens with two attached hydrogens (primary N) is 1. The highest BCUT2D eigenvalue weighted by Crippen LogP contribution is 2.27. The molecule has 0 aliphatic carbocycles. The summed E-state index contributed by atoms with van der Waals surface area (Å²) in [5, 5.41) is 18.8. The number of anilines is 2. The lowest BCUT2D eigenvalue weighted by Crippen LogP contribution is -2.29. The molecule has 0 radical (unpaired) electrons. The van der Waals surface area contributed by atoms with Gasteiger partial charge in [-0.15, -0.1) is 0 Å². The maximum atomic E-state index is 9.16. The number of fused-ring (bicyclic) bond motifs is 2. The van der Waals surface area contributed by atoms with Crippen LogP contribution in [0.4, 0.5) is 11.4 Å². The standard InChI is InChI=1S/C16H17ClN4O2/c17-11-8-15-16(9-12(11)18)20-14-7-10(1-2-13(14)19-15)21(3-5-22)4-6-23/h1-2,7-9,22-23H,3-6,18H2. The lowest BCUT2D eigenvalue weighted by Gasteiger charge is -2.23. The molecule has 7 heteroatoms. The maximum absolute atomic E-state index is 9.16. The number of aliphatic hydroxyl groups excluding tert-OH is 2. The second kappa shape index (κ2) is 6.54. The van der Waals surface area contributed by atoms with Crippen molar-refractivity contribution in [3.8, 4) is 0 Å². The number of nitrogen functional groups attached to an aromatic ring is 1. The molecule has 0 fully saturated rings. The molecule has 0 unspecified atom stereocenters. The van der Waals surface area contributed by atoms with Crippen LogP contribution in [0.25, 0.3) is 22.1 Å². The van der Waals surface area contributed by atoms with E-state index in [0.29, 0.717) is 34.8 Å². The predicted molar refractivity (Wildman–Crippen MR) is 92.9 cm³/mol. The molecule has 6 nitrogen and oxygen atoms in total. The van der Waals surface area contributed by atoms with Crippen molar-refractivity contribution in [3.63, 3.8) is 0 Å². The van der Waals surface area contributed by atoms with Crippen LogP contribution in [-0.2, 0) is 0 Å². The van der Waals surface area contributed by atoms with Gasteiger partial charge in [0.1, 0.15) is 0 Å². The van der Waals surface area contributed by atoms with Gasteiger partial charge in [0.25, 0.3) is 0 Å².